The number of nitrogens with one attached hydrogen (secondary N) is 1. The first-order valence-electron chi connectivity index (χ1n) is 7.42. The first-order valence-corrected chi connectivity index (χ1v) is 7.42. The van der Waals surface area contributed by atoms with Crippen LogP contribution in [0.25, 0.3) is 11.4 Å². The van der Waals surface area contributed by atoms with Gasteiger partial charge in [-0.25, -0.2) is 0 Å². The molecule has 3 rings (SSSR count). The molecule has 1 N–H and O–H groups in total. The molecule has 24 heavy (non-hydrogen) atoms. The quantitative estimate of drug-likeness (QED) is 0.774. The molecule has 1 amide bonds. The molecule has 122 valence electrons. The van der Waals surface area contributed by atoms with Crippen molar-refractivity contribution in [2.24, 2.45) is 0 Å². The van der Waals surface area contributed by atoms with Crippen LogP contribution in [0.1, 0.15) is 16.2 Å². The number of anilines is 1. The highest BCUT2D eigenvalue weighted by Gasteiger charge is 2.16. The largest absolute Gasteiger partial charge is 0.378 e. The number of pyridine rings is 1. The number of aromatic nitrogens is 3. The van der Waals surface area contributed by atoms with Crippen molar-refractivity contribution in [1.82, 2.24) is 20.4 Å². The van der Waals surface area contributed by atoms with Crippen molar-refractivity contribution in [3.05, 3.63) is 60.2 Å². The van der Waals surface area contributed by atoms with Gasteiger partial charge in [0.2, 0.25) is 5.82 Å². The summed E-state index contributed by atoms with van der Waals surface area (Å²) in [4.78, 5) is 22.2. The number of hydrogen-bond acceptors (Lipinski definition) is 6. The van der Waals surface area contributed by atoms with Crippen LogP contribution in [0.4, 0.5) is 5.69 Å². The van der Waals surface area contributed by atoms with Crippen molar-refractivity contribution in [3.8, 4) is 11.4 Å². The minimum atomic E-state index is -0.414. The molecule has 0 saturated carbocycles. The highest BCUT2D eigenvalue weighted by Crippen LogP contribution is 2.19. The van der Waals surface area contributed by atoms with E-state index in [0.717, 1.165) is 16.8 Å². The van der Waals surface area contributed by atoms with Gasteiger partial charge in [0.15, 0.2) is 0 Å². The summed E-state index contributed by atoms with van der Waals surface area (Å²) >= 11 is 0. The van der Waals surface area contributed by atoms with E-state index in [-0.39, 0.29) is 5.89 Å². The second-order valence-corrected chi connectivity index (χ2v) is 5.41. The van der Waals surface area contributed by atoms with Crippen molar-refractivity contribution in [2.75, 3.05) is 19.0 Å². The summed E-state index contributed by atoms with van der Waals surface area (Å²) < 4.78 is 5.05. The molecule has 2 heterocycles. The first-order chi connectivity index (χ1) is 11.6. The number of carbonyl (C=O) groups is 1. The average Bonchev–Trinajstić information content (AvgIpc) is 3.11. The van der Waals surface area contributed by atoms with Gasteiger partial charge in [0.25, 0.3) is 0 Å². The SMILES string of the molecule is CN(C)c1ccc(-c2noc(C(=O)NCc3cccnc3)n2)cc1. The molecular formula is C17H17N5O2. The van der Waals surface area contributed by atoms with Gasteiger partial charge in [0.05, 0.1) is 0 Å². The molecular weight excluding hydrogens is 306 g/mol. The van der Waals surface area contributed by atoms with E-state index in [1.807, 2.05) is 55.4 Å². The van der Waals surface area contributed by atoms with Crippen LogP contribution in [0.3, 0.4) is 0 Å². The van der Waals surface area contributed by atoms with Gasteiger partial charge in [0, 0.05) is 44.3 Å². The zero-order chi connectivity index (χ0) is 16.9. The third kappa shape index (κ3) is 3.57. The monoisotopic (exact) mass is 323 g/mol. The van der Waals surface area contributed by atoms with Crippen molar-refractivity contribution in [1.29, 1.82) is 0 Å². The molecule has 0 atom stereocenters. The van der Waals surface area contributed by atoms with Crippen molar-refractivity contribution >= 4 is 11.6 Å². The van der Waals surface area contributed by atoms with E-state index in [0.29, 0.717) is 12.4 Å². The summed E-state index contributed by atoms with van der Waals surface area (Å²) in [6.07, 6.45) is 3.36. The number of benzene rings is 1. The van der Waals surface area contributed by atoms with E-state index in [1.165, 1.54) is 0 Å². The Bertz CT molecular complexity index is 813. The van der Waals surface area contributed by atoms with Crippen LogP contribution >= 0.6 is 0 Å². The molecule has 0 fully saturated rings. The van der Waals surface area contributed by atoms with Crippen LogP contribution in [0.2, 0.25) is 0 Å². The lowest BCUT2D eigenvalue weighted by molar-refractivity contribution is 0.0907. The molecule has 0 radical (unpaired) electrons. The third-order valence-corrected chi connectivity index (χ3v) is 3.44. The lowest BCUT2D eigenvalue weighted by atomic mass is 10.2. The predicted molar refractivity (Wildman–Crippen MR) is 89.5 cm³/mol. The van der Waals surface area contributed by atoms with E-state index in [2.05, 4.69) is 20.4 Å². The minimum absolute atomic E-state index is 0.0643. The van der Waals surface area contributed by atoms with Crippen LogP contribution in [0.15, 0.2) is 53.3 Å². The van der Waals surface area contributed by atoms with Gasteiger partial charge < -0.3 is 14.7 Å². The molecule has 0 spiro atoms. The van der Waals surface area contributed by atoms with E-state index in [4.69, 9.17) is 4.52 Å². The van der Waals surface area contributed by atoms with Crippen molar-refractivity contribution < 1.29 is 9.32 Å². The maximum absolute atomic E-state index is 12.1. The highest BCUT2D eigenvalue weighted by atomic mass is 16.5. The Labute approximate surface area is 139 Å². The Morgan fingerprint density at radius 2 is 2.00 bits per heavy atom. The average molecular weight is 323 g/mol. The van der Waals surface area contributed by atoms with Crippen LogP contribution in [-0.4, -0.2) is 35.1 Å². The predicted octanol–water partition coefficient (Wildman–Crippen LogP) is 2.13. The zero-order valence-corrected chi connectivity index (χ0v) is 13.4. The van der Waals surface area contributed by atoms with Crippen LogP contribution in [0.5, 0.6) is 0 Å². The summed E-state index contributed by atoms with van der Waals surface area (Å²) in [6, 6.07) is 11.4. The molecule has 2 aromatic heterocycles. The van der Waals surface area contributed by atoms with E-state index in [9.17, 15) is 4.79 Å². The number of carbonyl (C=O) groups excluding carboxylic acids is 1. The van der Waals surface area contributed by atoms with Gasteiger partial charge in [-0.05, 0) is 35.9 Å². The molecule has 0 bridgehead atoms. The van der Waals surface area contributed by atoms with Crippen molar-refractivity contribution in [3.63, 3.8) is 0 Å². The summed E-state index contributed by atoms with van der Waals surface area (Å²) in [6.45, 7) is 0.349. The lowest BCUT2D eigenvalue weighted by Gasteiger charge is -2.11. The smallest absolute Gasteiger partial charge is 0.316 e. The standard InChI is InChI=1S/C17H17N5O2/c1-22(2)14-7-5-13(6-8-14)15-20-17(24-21-15)16(23)19-11-12-4-3-9-18-10-12/h3-10H,11H2,1-2H3,(H,19,23). The fraction of sp³-hybridized carbons (Fsp3) is 0.176. The molecule has 0 unspecified atom stereocenters. The maximum atomic E-state index is 12.1. The van der Waals surface area contributed by atoms with Gasteiger partial charge in [0.1, 0.15) is 0 Å². The topological polar surface area (TPSA) is 84.2 Å². The van der Waals surface area contributed by atoms with Gasteiger partial charge >= 0.3 is 11.8 Å². The van der Waals surface area contributed by atoms with Crippen LogP contribution in [-0.2, 0) is 6.54 Å². The van der Waals surface area contributed by atoms with Crippen LogP contribution < -0.4 is 10.2 Å². The van der Waals surface area contributed by atoms with Crippen molar-refractivity contribution in [2.45, 2.75) is 6.54 Å². The zero-order valence-electron chi connectivity index (χ0n) is 13.4. The minimum Gasteiger partial charge on any atom is -0.378 e. The Balaban J connectivity index is 1.67. The Morgan fingerprint density at radius 3 is 2.67 bits per heavy atom. The maximum Gasteiger partial charge on any atom is 0.316 e. The summed E-state index contributed by atoms with van der Waals surface area (Å²) in [5.41, 5.74) is 2.75. The molecule has 7 heteroatoms. The molecule has 1 aromatic carbocycles. The Kier molecular flexibility index (Phi) is 4.51. The fourth-order valence-electron chi connectivity index (χ4n) is 2.10. The van der Waals surface area contributed by atoms with E-state index < -0.39 is 5.91 Å². The van der Waals surface area contributed by atoms with E-state index in [1.54, 1.807) is 12.4 Å². The molecule has 3 aromatic rings. The molecule has 0 saturated heterocycles. The van der Waals surface area contributed by atoms with Gasteiger partial charge in [-0.1, -0.05) is 11.2 Å². The number of nitrogens with zero attached hydrogens (tertiary/aromatic N) is 4. The first kappa shape index (κ1) is 15.7. The Hall–Kier alpha value is -3.22. The third-order valence-electron chi connectivity index (χ3n) is 3.44. The molecule has 7 nitrogen and oxygen atoms in total. The number of amides is 1. The normalized spacial score (nSPS) is 10.4. The molecule has 0 aliphatic rings. The molecule has 0 aliphatic heterocycles. The van der Waals surface area contributed by atoms with Gasteiger partial charge in [-0.3, -0.25) is 9.78 Å². The summed E-state index contributed by atoms with van der Waals surface area (Å²) in [7, 11) is 3.93. The summed E-state index contributed by atoms with van der Waals surface area (Å²) in [5.74, 6) is -0.0973. The summed E-state index contributed by atoms with van der Waals surface area (Å²) in [5, 5.41) is 6.59. The van der Waals surface area contributed by atoms with Crippen LogP contribution in [0, 0.1) is 0 Å². The fourth-order valence-corrected chi connectivity index (χ4v) is 2.10. The van der Waals surface area contributed by atoms with Gasteiger partial charge in [-0.15, -0.1) is 0 Å². The van der Waals surface area contributed by atoms with Gasteiger partial charge in [-0.2, -0.15) is 4.98 Å². The number of rotatable bonds is 5. The lowest BCUT2D eigenvalue weighted by Crippen LogP contribution is -2.23. The number of hydrogen-bond donors (Lipinski definition) is 1. The molecule has 0 aliphatic carbocycles. The second kappa shape index (κ2) is 6.91. The highest BCUT2D eigenvalue weighted by molar-refractivity contribution is 5.89. The van der Waals surface area contributed by atoms with E-state index >= 15 is 0 Å². The second-order valence-electron chi connectivity index (χ2n) is 5.41. The Morgan fingerprint density at radius 1 is 1.21 bits per heavy atom.